The van der Waals surface area contributed by atoms with Crippen molar-refractivity contribution in [3.8, 4) is 11.9 Å². The van der Waals surface area contributed by atoms with Crippen LogP contribution in [-0.4, -0.2) is 22.7 Å². The first-order valence-electron chi connectivity index (χ1n) is 4.52. The Bertz CT molecular complexity index is 346. The van der Waals surface area contributed by atoms with Gasteiger partial charge in [0.2, 0.25) is 5.88 Å². The highest BCUT2D eigenvalue weighted by Crippen LogP contribution is 2.08. The quantitative estimate of drug-likeness (QED) is 0.782. The van der Waals surface area contributed by atoms with E-state index >= 15 is 0 Å². The van der Waals surface area contributed by atoms with E-state index in [2.05, 4.69) is 9.97 Å². The number of rotatable bonds is 4. The highest BCUT2D eigenvalue weighted by molar-refractivity contribution is 5.11. The smallest absolute Gasteiger partial charge is 0.299 e. The molecule has 78 valence electrons. The number of H-pyrrole nitrogens is 1. The first-order valence-corrected chi connectivity index (χ1v) is 4.52. The fourth-order valence-corrected chi connectivity index (χ4v) is 0.921. The Morgan fingerprint density at radius 1 is 1.57 bits per heavy atom. The molecule has 0 spiro atoms. The summed E-state index contributed by atoms with van der Waals surface area (Å²) in [7, 11) is 0. The van der Waals surface area contributed by atoms with Gasteiger partial charge in [0.05, 0.1) is 18.8 Å². The Kier molecular flexibility index (Phi) is 3.50. The first-order chi connectivity index (χ1) is 6.61. The van der Waals surface area contributed by atoms with Gasteiger partial charge in [-0.05, 0) is 20.8 Å². The van der Waals surface area contributed by atoms with Crippen LogP contribution in [-0.2, 0) is 0 Å². The summed E-state index contributed by atoms with van der Waals surface area (Å²) in [6.07, 6.45) is -0.0150. The van der Waals surface area contributed by atoms with E-state index in [9.17, 15) is 4.79 Å². The van der Waals surface area contributed by atoms with E-state index in [0.717, 1.165) is 0 Å². The van der Waals surface area contributed by atoms with Gasteiger partial charge in [-0.2, -0.15) is 4.98 Å². The molecule has 0 aliphatic heterocycles. The van der Waals surface area contributed by atoms with Crippen molar-refractivity contribution >= 4 is 0 Å². The predicted octanol–water partition coefficient (Wildman–Crippen LogP) is 0.956. The van der Waals surface area contributed by atoms with Gasteiger partial charge in [-0.1, -0.05) is 0 Å². The highest BCUT2D eigenvalue weighted by Gasteiger charge is 2.04. The molecule has 1 rings (SSSR count). The van der Waals surface area contributed by atoms with Crippen LogP contribution in [0.25, 0.3) is 0 Å². The van der Waals surface area contributed by atoms with Crippen LogP contribution in [0, 0.1) is 0 Å². The molecule has 0 bridgehead atoms. The summed E-state index contributed by atoms with van der Waals surface area (Å²) in [6, 6.07) is 1.48. The largest absolute Gasteiger partial charge is 0.475 e. The topological polar surface area (TPSA) is 64.2 Å². The van der Waals surface area contributed by atoms with E-state index < -0.39 is 0 Å². The van der Waals surface area contributed by atoms with Gasteiger partial charge < -0.3 is 9.47 Å². The zero-order valence-electron chi connectivity index (χ0n) is 8.53. The summed E-state index contributed by atoms with van der Waals surface area (Å²) in [5.41, 5.74) is -0.279. The molecule has 1 N–H and O–H groups in total. The van der Waals surface area contributed by atoms with Crippen LogP contribution in [0.4, 0.5) is 0 Å². The number of hydrogen-bond acceptors (Lipinski definition) is 4. The lowest BCUT2D eigenvalue weighted by Crippen LogP contribution is -2.14. The standard InChI is InChI=1S/C9H14N2O3/c1-4-13-9-10-7(12)5-8(11-9)14-6(2)3/h5-6H,4H2,1-3H3,(H,10,11,12). The van der Waals surface area contributed by atoms with Gasteiger partial charge in [-0.3, -0.25) is 9.78 Å². The minimum Gasteiger partial charge on any atom is -0.475 e. The monoisotopic (exact) mass is 198 g/mol. The SMILES string of the molecule is CCOc1nc(OC(C)C)cc(=O)[nH]1. The lowest BCUT2D eigenvalue weighted by Gasteiger charge is -2.08. The maximum Gasteiger partial charge on any atom is 0.299 e. The molecule has 1 aromatic heterocycles. The minimum atomic E-state index is -0.279. The van der Waals surface area contributed by atoms with Gasteiger partial charge in [0, 0.05) is 0 Å². The molecule has 0 saturated carbocycles. The predicted molar refractivity (Wildman–Crippen MR) is 51.8 cm³/mol. The molecule has 0 fully saturated rings. The molecule has 0 amide bonds. The van der Waals surface area contributed by atoms with E-state index in [1.165, 1.54) is 6.07 Å². The third-order valence-corrected chi connectivity index (χ3v) is 1.33. The number of nitrogens with zero attached hydrogens (tertiary/aromatic N) is 1. The van der Waals surface area contributed by atoms with E-state index in [-0.39, 0.29) is 23.6 Å². The van der Waals surface area contributed by atoms with Crippen molar-refractivity contribution in [2.24, 2.45) is 0 Å². The number of hydrogen-bond donors (Lipinski definition) is 1. The van der Waals surface area contributed by atoms with E-state index in [1.807, 2.05) is 20.8 Å². The lowest BCUT2D eigenvalue weighted by molar-refractivity contribution is 0.224. The molecule has 5 heteroatoms. The summed E-state index contributed by atoms with van der Waals surface area (Å²) in [4.78, 5) is 17.5. The molecule has 0 radical (unpaired) electrons. The molecule has 0 saturated heterocycles. The molecule has 0 unspecified atom stereocenters. The molecular formula is C9H14N2O3. The van der Waals surface area contributed by atoms with Crippen LogP contribution < -0.4 is 15.0 Å². The highest BCUT2D eigenvalue weighted by atomic mass is 16.5. The molecule has 1 aromatic rings. The summed E-state index contributed by atoms with van der Waals surface area (Å²) in [5.74, 6) is 0.284. The van der Waals surface area contributed by atoms with Gasteiger partial charge in [0.1, 0.15) is 0 Å². The van der Waals surface area contributed by atoms with Crippen LogP contribution in [0.1, 0.15) is 20.8 Å². The number of nitrogens with one attached hydrogen (secondary N) is 1. The fourth-order valence-electron chi connectivity index (χ4n) is 0.921. The molecule has 0 atom stereocenters. The average molecular weight is 198 g/mol. The normalized spacial score (nSPS) is 10.3. The molecule has 1 heterocycles. The van der Waals surface area contributed by atoms with E-state index in [0.29, 0.717) is 6.61 Å². The second-order valence-corrected chi connectivity index (χ2v) is 2.99. The lowest BCUT2D eigenvalue weighted by atomic mass is 10.5. The zero-order chi connectivity index (χ0) is 10.6. The van der Waals surface area contributed by atoms with E-state index in [4.69, 9.17) is 9.47 Å². The first kappa shape index (κ1) is 10.6. The average Bonchev–Trinajstić information content (AvgIpc) is 2.01. The molecular weight excluding hydrogens is 184 g/mol. The summed E-state index contributed by atoms with van der Waals surface area (Å²) < 4.78 is 10.3. The van der Waals surface area contributed by atoms with Crippen molar-refractivity contribution in [2.45, 2.75) is 26.9 Å². The number of ether oxygens (including phenoxy) is 2. The molecule has 0 aliphatic rings. The van der Waals surface area contributed by atoms with Crippen molar-refractivity contribution in [1.82, 2.24) is 9.97 Å². The Labute approximate surface area is 82.1 Å². The van der Waals surface area contributed by atoms with Crippen LogP contribution in [0.15, 0.2) is 10.9 Å². The Morgan fingerprint density at radius 2 is 2.29 bits per heavy atom. The van der Waals surface area contributed by atoms with Crippen molar-refractivity contribution < 1.29 is 9.47 Å². The maximum absolute atomic E-state index is 11.1. The van der Waals surface area contributed by atoms with Gasteiger partial charge in [0.25, 0.3) is 11.6 Å². The second kappa shape index (κ2) is 4.64. The number of aromatic nitrogens is 2. The van der Waals surface area contributed by atoms with Gasteiger partial charge in [0.15, 0.2) is 0 Å². The molecule has 0 aromatic carbocycles. The Balaban J connectivity index is 2.89. The Hall–Kier alpha value is -1.52. The molecule has 0 aliphatic carbocycles. The summed E-state index contributed by atoms with van der Waals surface area (Å²) >= 11 is 0. The summed E-state index contributed by atoms with van der Waals surface area (Å²) in [6.45, 7) is 6.00. The second-order valence-electron chi connectivity index (χ2n) is 2.99. The molecule has 5 nitrogen and oxygen atoms in total. The van der Waals surface area contributed by atoms with Gasteiger partial charge in [-0.15, -0.1) is 0 Å². The van der Waals surface area contributed by atoms with Crippen molar-refractivity contribution in [2.75, 3.05) is 6.61 Å². The van der Waals surface area contributed by atoms with Crippen LogP contribution in [0.2, 0.25) is 0 Å². The molecule has 14 heavy (non-hydrogen) atoms. The third kappa shape index (κ3) is 3.08. The summed E-state index contributed by atoms with van der Waals surface area (Å²) in [5, 5.41) is 0. The van der Waals surface area contributed by atoms with Gasteiger partial charge in [-0.25, -0.2) is 0 Å². The van der Waals surface area contributed by atoms with Crippen LogP contribution >= 0.6 is 0 Å². The minimum absolute atomic E-state index is 0.0150. The Morgan fingerprint density at radius 3 is 2.86 bits per heavy atom. The van der Waals surface area contributed by atoms with Crippen LogP contribution in [0.5, 0.6) is 11.9 Å². The number of aromatic amines is 1. The van der Waals surface area contributed by atoms with Crippen molar-refractivity contribution in [3.63, 3.8) is 0 Å². The van der Waals surface area contributed by atoms with E-state index in [1.54, 1.807) is 0 Å². The third-order valence-electron chi connectivity index (χ3n) is 1.33. The fraction of sp³-hybridized carbons (Fsp3) is 0.556. The van der Waals surface area contributed by atoms with Gasteiger partial charge >= 0.3 is 0 Å². The van der Waals surface area contributed by atoms with Crippen molar-refractivity contribution in [1.29, 1.82) is 0 Å². The maximum atomic E-state index is 11.1. The zero-order valence-corrected chi connectivity index (χ0v) is 8.53. The van der Waals surface area contributed by atoms with Crippen LogP contribution in [0.3, 0.4) is 0 Å². The van der Waals surface area contributed by atoms with Crippen molar-refractivity contribution in [3.05, 3.63) is 16.4 Å².